The molecule has 0 N–H and O–H groups in total. The van der Waals surface area contributed by atoms with Crippen molar-refractivity contribution in [2.45, 2.75) is 0 Å². The summed E-state index contributed by atoms with van der Waals surface area (Å²) in [5.74, 6) is 0. The van der Waals surface area contributed by atoms with E-state index >= 15 is 0 Å². The van der Waals surface area contributed by atoms with Crippen molar-refractivity contribution in [1.29, 1.82) is 0 Å². The van der Waals surface area contributed by atoms with Gasteiger partial charge < -0.3 is 13.3 Å². The van der Waals surface area contributed by atoms with E-state index < -0.39 is 0 Å². The summed E-state index contributed by atoms with van der Waals surface area (Å²) >= 11 is 0. The van der Waals surface area contributed by atoms with Crippen LogP contribution in [0.4, 0.5) is 0 Å². The molecule has 0 fully saturated rings. The van der Waals surface area contributed by atoms with Gasteiger partial charge in [-0.05, 0) is 115 Å². The maximum absolute atomic E-state index is 6.68. The van der Waals surface area contributed by atoms with Crippen molar-refractivity contribution in [2.24, 2.45) is 0 Å². The minimum absolute atomic E-state index is 0.844. The largest absolute Gasteiger partial charge is 0.456 e. The Bertz CT molecular complexity index is 3880. The first kappa shape index (κ1) is 33.8. The van der Waals surface area contributed by atoms with Crippen molar-refractivity contribution in [3.63, 3.8) is 0 Å². The fourth-order valence-corrected chi connectivity index (χ4v) is 9.73. The molecule has 3 heterocycles. The average molecular weight is 779 g/mol. The zero-order valence-corrected chi connectivity index (χ0v) is 32.9. The zero-order chi connectivity index (χ0) is 40.0. The summed E-state index contributed by atoms with van der Waals surface area (Å²) in [5, 5.41) is 8.99. The number of fused-ring (bicyclic) bond motifs is 10. The van der Waals surface area contributed by atoms with Crippen molar-refractivity contribution in [3.8, 4) is 55.6 Å². The van der Waals surface area contributed by atoms with Crippen molar-refractivity contribution in [1.82, 2.24) is 0 Å². The number of benzene rings is 10. The predicted molar refractivity (Wildman–Crippen MR) is 253 cm³/mol. The molecular formula is C58H34O3. The molecule has 10 aromatic carbocycles. The second kappa shape index (κ2) is 13.2. The van der Waals surface area contributed by atoms with Crippen molar-refractivity contribution < 1.29 is 13.3 Å². The molecule has 3 aromatic heterocycles. The second-order valence-electron chi connectivity index (χ2n) is 15.9. The summed E-state index contributed by atoms with van der Waals surface area (Å²) in [7, 11) is 0. The van der Waals surface area contributed by atoms with Gasteiger partial charge in [0.05, 0.1) is 0 Å². The van der Waals surface area contributed by atoms with Crippen molar-refractivity contribution in [2.75, 3.05) is 0 Å². The van der Waals surface area contributed by atoms with Gasteiger partial charge >= 0.3 is 0 Å². The van der Waals surface area contributed by atoms with Crippen LogP contribution in [0.3, 0.4) is 0 Å². The highest BCUT2D eigenvalue weighted by molar-refractivity contribution is 6.19. The Kier molecular flexibility index (Phi) is 7.31. The van der Waals surface area contributed by atoms with Gasteiger partial charge in [0.1, 0.15) is 33.5 Å². The van der Waals surface area contributed by atoms with E-state index in [-0.39, 0.29) is 0 Å². The number of rotatable bonds is 5. The maximum Gasteiger partial charge on any atom is 0.143 e. The quantitative estimate of drug-likeness (QED) is 0.175. The van der Waals surface area contributed by atoms with Gasteiger partial charge in [-0.15, -0.1) is 0 Å². The Morgan fingerprint density at radius 1 is 0.213 bits per heavy atom. The first-order valence-electron chi connectivity index (χ1n) is 20.7. The van der Waals surface area contributed by atoms with E-state index in [9.17, 15) is 0 Å². The topological polar surface area (TPSA) is 39.4 Å². The highest BCUT2D eigenvalue weighted by Crippen LogP contribution is 2.47. The predicted octanol–water partition coefficient (Wildman–Crippen LogP) is 16.9. The van der Waals surface area contributed by atoms with Crippen LogP contribution in [0, 0.1) is 0 Å². The summed E-state index contributed by atoms with van der Waals surface area (Å²) < 4.78 is 19.6. The summed E-state index contributed by atoms with van der Waals surface area (Å²) in [6.45, 7) is 0. The monoisotopic (exact) mass is 778 g/mol. The Balaban J connectivity index is 1.06. The van der Waals surface area contributed by atoms with Gasteiger partial charge in [0.2, 0.25) is 0 Å². The van der Waals surface area contributed by atoms with Crippen LogP contribution in [-0.4, -0.2) is 0 Å². The summed E-state index contributed by atoms with van der Waals surface area (Å²) in [4.78, 5) is 0. The lowest BCUT2D eigenvalue weighted by molar-refractivity contribution is 0.668. The molecule has 0 aliphatic carbocycles. The number of hydrogen-bond donors (Lipinski definition) is 0. The molecule has 3 heteroatoms. The third-order valence-corrected chi connectivity index (χ3v) is 12.5. The molecule has 3 nitrogen and oxygen atoms in total. The molecule has 0 aliphatic rings. The van der Waals surface area contributed by atoms with E-state index in [2.05, 4.69) is 176 Å². The molecule has 0 saturated heterocycles. The Labute approximate surface area is 350 Å². The normalized spacial score (nSPS) is 11.9. The minimum Gasteiger partial charge on any atom is -0.456 e. The lowest BCUT2D eigenvalue weighted by Gasteiger charge is -2.16. The van der Waals surface area contributed by atoms with E-state index in [1.54, 1.807) is 0 Å². The fraction of sp³-hybridized carbons (Fsp3) is 0. The number of para-hydroxylation sites is 4. The molecular weight excluding hydrogens is 745 g/mol. The van der Waals surface area contributed by atoms with E-state index in [0.29, 0.717) is 0 Å². The summed E-state index contributed by atoms with van der Waals surface area (Å²) in [6.07, 6.45) is 0. The van der Waals surface area contributed by atoms with Crippen LogP contribution in [-0.2, 0) is 0 Å². The third kappa shape index (κ3) is 5.24. The van der Waals surface area contributed by atoms with Gasteiger partial charge in [0.15, 0.2) is 0 Å². The molecule has 0 saturated carbocycles. The summed E-state index contributed by atoms with van der Waals surface area (Å²) in [5.41, 5.74) is 16.5. The molecule has 0 amide bonds. The van der Waals surface area contributed by atoms with E-state index in [0.717, 1.165) is 110 Å². The first-order valence-corrected chi connectivity index (χ1v) is 20.7. The lowest BCUT2D eigenvalue weighted by atomic mass is 9.87. The molecule has 0 spiro atoms. The van der Waals surface area contributed by atoms with Crippen molar-refractivity contribution in [3.05, 3.63) is 206 Å². The number of hydrogen-bond acceptors (Lipinski definition) is 3. The fourth-order valence-electron chi connectivity index (χ4n) is 9.73. The van der Waals surface area contributed by atoms with Gasteiger partial charge in [0.25, 0.3) is 0 Å². The molecule has 13 rings (SSSR count). The second-order valence-corrected chi connectivity index (χ2v) is 15.9. The molecule has 0 aliphatic heterocycles. The summed E-state index contributed by atoms with van der Waals surface area (Å²) in [6, 6.07) is 73.4. The first-order chi connectivity index (χ1) is 30.2. The van der Waals surface area contributed by atoms with Gasteiger partial charge in [-0.25, -0.2) is 0 Å². The van der Waals surface area contributed by atoms with Crippen LogP contribution in [0.15, 0.2) is 220 Å². The van der Waals surface area contributed by atoms with Gasteiger partial charge in [-0.2, -0.15) is 0 Å². The number of furan rings is 3. The van der Waals surface area contributed by atoms with Gasteiger partial charge in [0, 0.05) is 37.9 Å². The zero-order valence-electron chi connectivity index (χ0n) is 32.9. The smallest absolute Gasteiger partial charge is 0.143 e. The molecule has 0 atom stereocenters. The third-order valence-electron chi connectivity index (χ3n) is 12.5. The highest BCUT2D eigenvalue weighted by Gasteiger charge is 2.21. The molecule has 13 aromatic rings. The van der Waals surface area contributed by atoms with Crippen LogP contribution in [0.25, 0.3) is 132 Å². The average Bonchev–Trinajstić information content (AvgIpc) is 4.02. The molecule has 0 bridgehead atoms. The maximum atomic E-state index is 6.68. The van der Waals surface area contributed by atoms with Gasteiger partial charge in [-0.3, -0.25) is 0 Å². The van der Waals surface area contributed by atoms with Gasteiger partial charge in [-0.1, -0.05) is 152 Å². The molecule has 284 valence electrons. The minimum atomic E-state index is 0.844. The Morgan fingerprint density at radius 3 is 1.46 bits per heavy atom. The molecule has 0 radical (unpaired) electrons. The Morgan fingerprint density at radius 2 is 0.705 bits per heavy atom. The SMILES string of the molecule is c1ccc(-c2cc(-c3ccc(-c4cc(-c5cccc6c5oc5ccccc56)cc5oc6ccccc6c45)c4ccccc34)cc(-c3cccc4oc5ccccc5c34)c2)cc1. The Hall–Kier alpha value is -8.14. The van der Waals surface area contributed by atoms with E-state index in [1.165, 1.54) is 21.9 Å². The standard InChI is InChI=1S/C58H34O3/c1-2-14-35(15-3-1)36-30-37(32-38(31-36)41-21-13-27-54-56(41)48-19-7-10-25-52(48)59-54)40-28-29-45(44-17-5-4-16-43(40)44)50-33-39(34-55-57(50)49-20-8-11-26-53(49)60-55)42-22-12-23-47-46-18-6-9-24-51(46)61-58(42)47/h1-34H. The van der Waals surface area contributed by atoms with Crippen LogP contribution < -0.4 is 0 Å². The van der Waals surface area contributed by atoms with Crippen LogP contribution >= 0.6 is 0 Å². The van der Waals surface area contributed by atoms with Crippen LogP contribution in [0.1, 0.15) is 0 Å². The van der Waals surface area contributed by atoms with Crippen LogP contribution in [0.2, 0.25) is 0 Å². The molecule has 61 heavy (non-hydrogen) atoms. The lowest BCUT2D eigenvalue weighted by Crippen LogP contribution is -1.90. The van der Waals surface area contributed by atoms with E-state index in [4.69, 9.17) is 13.3 Å². The van der Waals surface area contributed by atoms with Crippen molar-refractivity contribution >= 4 is 76.6 Å². The van der Waals surface area contributed by atoms with E-state index in [1.807, 2.05) is 30.3 Å². The molecule has 0 unspecified atom stereocenters. The highest BCUT2D eigenvalue weighted by atomic mass is 16.3. The van der Waals surface area contributed by atoms with Crippen LogP contribution in [0.5, 0.6) is 0 Å².